The number of amides is 1. The molecular weight excluding hydrogens is 486 g/mol. The average Bonchev–Trinajstić information content (AvgIpc) is 3.20. The number of carbonyl (C=O) groups is 2. The number of Topliss-reactive ketones (excluding diaryl/α,β-unsaturated/α-hetero) is 1. The summed E-state index contributed by atoms with van der Waals surface area (Å²) < 4.78 is 21.8. The van der Waals surface area contributed by atoms with Crippen LogP contribution in [0.1, 0.15) is 28.3 Å². The molecule has 0 aromatic heterocycles. The van der Waals surface area contributed by atoms with E-state index < -0.39 is 17.7 Å². The van der Waals surface area contributed by atoms with Gasteiger partial charge >= 0.3 is 0 Å². The van der Waals surface area contributed by atoms with E-state index in [1.54, 1.807) is 42.5 Å². The summed E-state index contributed by atoms with van der Waals surface area (Å²) in [6, 6.07) is 19.2. The molecule has 1 aliphatic rings. The van der Waals surface area contributed by atoms with E-state index in [0.717, 1.165) is 11.1 Å². The molecule has 1 atom stereocenters. The summed E-state index contributed by atoms with van der Waals surface area (Å²) in [5, 5.41) is 11.4. The highest BCUT2D eigenvalue weighted by Crippen LogP contribution is 2.41. The number of benzene rings is 3. The molecule has 0 aliphatic carbocycles. The van der Waals surface area contributed by atoms with Crippen molar-refractivity contribution in [3.8, 4) is 17.2 Å². The molecule has 1 N–H and O–H groups in total. The Labute approximate surface area is 222 Å². The minimum atomic E-state index is -0.817. The number of aryl methyl sites for hydroxylation is 1. The van der Waals surface area contributed by atoms with Gasteiger partial charge in [-0.15, -0.1) is 0 Å². The van der Waals surface area contributed by atoms with E-state index in [-0.39, 0.29) is 30.0 Å². The summed E-state index contributed by atoms with van der Waals surface area (Å²) >= 11 is 0. The zero-order chi connectivity index (χ0) is 27.2. The predicted octanol–water partition coefficient (Wildman–Crippen LogP) is 4.66. The fourth-order valence-electron chi connectivity index (χ4n) is 4.47. The lowest BCUT2D eigenvalue weighted by molar-refractivity contribution is -0.140. The molecule has 1 fully saturated rings. The fraction of sp³-hybridized carbons (Fsp3) is 0.267. The maximum Gasteiger partial charge on any atom is 0.295 e. The van der Waals surface area contributed by atoms with Gasteiger partial charge < -0.3 is 29.0 Å². The number of likely N-dealkylation sites (tertiary alicyclic amines) is 1. The number of hydrogen-bond donors (Lipinski definition) is 1. The van der Waals surface area contributed by atoms with E-state index in [1.807, 2.05) is 31.2 Å². The summed E-state index contributed by atoms with van der Waals surface area (Å²) in [5.74, 6) is -0.335. The first kappa shape index (κ1) is 26.8. The Morgan fingerprint density at radius 1 is 0.921 bits per heavy atom. The van der Waals surface area contributed by atoms with Gasteiger partial charge in [0.25, 0.3) is 11.7 Å². The van der Waals surface area contributed by atoms with Gasteiger partial charge in [-0.2, -0.15) is 0 Å². The monoisotopic (exact) mass is 517 g/mol. The number of methoxy groups -OCH3 is 3. The van der Waals surface area contributed by atoms with Crippen LogP contribution >= 0.6 is 0 Å². The minimum Gasteiger partial charge on any atom is -0.507 e. The molecule has 1 heterocycles. The standard InChI is InChI=1S/C30H31NO7/c1-19-7-5-6-8-21(19)18-38-22-11-9-20(10-12-22)27-26(29(33)30(34)31(27)15-16-35-2)28(32)24-14-13-23(36-3)17-25(24)37-4/h5-14,17,27,32H,15-16,18H2,1-4H3/b28-26-. The van der Waals surface area contributed by atoms with Gasteiger partial charge in [0, 0.05) is 19.7 Å². The molecule has 1 saturated heterocycles. The van der Waals surface area contributed by atoms with Crippen molar-refractivity contribution in [2.24, 2.45) is 0 Å². The topological polar surface area (TPSA) is 94.5 Å². The molecule has 1 amide bonds. The lowest BCUT2D eigenvalue weighted by Gasteiger charge is -2.25. The molecule has 1 aliphatic heterocycles. The molecule has 4 rings (SSSR count). The SMILES string of the molecule is COCCN1C(=O)C(=O)/C(=C(\O)c2ccc(OC)cc2OC)C1c1ccc(OCc2ccccc2C)cc1. The molecule has 0 saturated carbocycles. The third kappa shape index (κ3) is 5.35. The van der Waals surface area contributed by atoms with Gasteiger partial charge in [0.2, 0.25) is 0 Å². The number of aliphatic hydroxyl groups excluding tert-OH is 1. The smallest absolute Gasteiger partial charge is 0.295 e. The van der Waals surface area contributed by atoms with Crippen LogP contribution < -0.4 is 14.2 Å². The van der Waals surface area contributed by atoms with Crippen LogP contribution in [0.25, 0.3) is 5.76 Å². The molecular formula is C30H31NO7. The normalized spacial score (nSPS) is 16.5. The number of ether oxygens (including phenoxy) is 4. The largest absolute Gasteiger partial charge is 0.507 e. The second-order valence-corrected chi connectivity index (χ2v) is 8.84. The number of carbonyl (C=O) groups excluding carboxylic acids is 2. The minimum absolute atomic E-state index is 0.0249. The molecule has 0 bridgehead atoms. The first-order valence-electron chi connectivity index (χ1n) is 12.2. The molecule has 38 heavy (non-hydrogen) atoms. The number of nitrogens with zero attached hydrogens (tertiary/aromatic N) is 1. The Hall–Kier alpha value is -4.30. The van der Waals surface area contributed by atoms with Crippen molar-refractivity contribution in [2.75, 3.05) is 34.5 Å². The van der Waals surface area contributed by atoms with Crippen LogP contribution in [0.4, 0.5) is 0 Å². The van der Waals surface area contributed by atoms with Crippen molar-refractivity contribution in [1.29, 1.82) is 0 Å². The van der Waals surface area contributed by atoms with Gasteiger partial charge in [0.1, 0.15) is 29.6 Å². The van der Waals surface area contributed by atoms with E-state index in [9.17, 15) is 14.7 Å². The Bertz CT molecular complexity index is 1350. The quantitative estimate of drug-likeness (QED) is 0.237. The van der Waals surface area contributed by atoms with Gasteiger partial charge in [-0.3, -0.25) is 9.59 Å². The van der Waals surface area contributed by atoms with Crippen LogP contribution in [0.3, 0.4) is 0 Å². The van der Waals surface area contributed by atoms with Gasteiger partial charge in [-0.25, -0.2) is 0 Å². The molecule has 0 spiro atoms. The summed E-state index contributed by atoms with van der Waals surface area (Å²) in [6.45, 7) is 2.85. The Balaban J connectivity index is 1.71. The maximum atomic E-state index is 13.2. The van der Waals surface area contributed by atoms with E-state index in [4.69, 9.17) is 18.9 Å². The zero-order valence-electron chi connectivity index (χ0n) is 21.9. The predicted molar refractivity (Wildman–Crippen MR) is 142 cm³/mol. The molecule has 198 valence electrons. The fourth-order valence-corrected chi connectivity index (χ4v) is 4.47. The first-order valence-corrected chi connectivity index (χ1v) is 12.2. The van der Waals surface area contributed by atoms with Gasteiger partial charge in [-0.05, 0) is 47.9 Å². The molecule has 1 unspecified atom stereocenters. The van der Waals surface area contributed by atoms with Crippen molar-refractivity contribution in [3.63, 3.8) is 0 Å². The van der Waals surface area contributed by atoms with Crippen molar-refractivity contribution >= 4 is 17.4 Å². The van der Waals surface area contributed by atoms with Crippen molar-refractivity contribution < 1.29 is 33.6 Å². The van der Waals surface area contributed by atoms with Crippen molar-refractivity contribution in [2.45, 2.75) is 19.6 Å². The van der Waals surface area contributed by atoms with Crippen LogP contribution in [-0.2, 0) is 20.9 Å². The van der Waals surface area contributed by atoms with Crippen LogP contribution in [0.5, 0.6) is 17.2 Å². The van der Waals surface area contributed by atoms with E-state index in [1.165, 1.54) is 26.2 Å². The van der Waals surface area contributed by atoms with E-state index in [0.29, 0.717) is 29.4 Å². The molecule has 8 nitrogen and oxygen atoms in total. The third-order valence-electron chi connectivity index (χ3n) is 6.59. The number of rotatable bonds is 10. The van der Waals surface area contributed by atoms with Crippen LogP contribution in [0.15, 0.2) is 72.3 Å². The molecule has 3 aromatic carbocycles. The molecule has 0 radical (unpaired) electrons. The Morgan fingerprint density at radius 3 is 2.29 bits per heavy atom. The summed E-state index contributed by atoms with van der Waals surface area (Å²) in [7, 11) is 4.49. The van der Waals surface area contributed by atoms with Crippen LogP contribution in [-0.4, -0.2) is 56.2 Å². The lowest BCUT2D eigenvalue weighted by Crippen LogP contribution is -2.32. The average molecular weight is 518 g/mol. The summed E-state index contributed by atoms with van der Waals surface area (Å²) in [4.78, 5) is 27.7. The number of ketones is 1. The summed E-state index contributed by atoms with van der Waals surface area (Å²) in [6.07, 6.45) is 0. The van der Waals surface area contributed by atoms with E-state index in [2.05, 4.69) is 0 Å². The van der Waals surface area contributed by atoms with E-state index >= 15 is 0 Å². The van der Waals surface area contributed by atoms with Crippen molar-refractivity contribution in [3.05, 3.63) is 94.6 Å². The van der Waals surface area contributed by atoms with Gasteiger partial charge in [0.05, 0.1) is 38.0 Å². The Morgan fingerprint density at radius 2 is 1.63 bits per heavy atom. The first-order chi connectivity index (χ1) is 18.4. The van der Waals surface area contributed by atoms with Gasteiger partial charge in [-0.1, -0.05) is 36.4 Å². The van der Waals surface area contributed by atoms with Gasteiger partial charge in [0.15, 0.2) is 0 Å². The number of hydrogen-bond acceptors (Lipinski definition) is 7. The second-order valence-electron chi connectivity index (χ2n) is 8.84. The lowest BCUT2D eigenvalue weighted by atomic mass is 9.95. The van der Waals surface area contributed by atoms with Crippen LogP contribution in [0, 0.1) is 6.92 Å². The highest BCUT2D eigenvalue weighted by Gasteiger charge is 2.46. The summed E-state index contributed by atoms with van der Waals surface area (Å²) in [5.41, 5.74) is 3.12. The third-order valence-corrected chi connectivity index (χ3v) is 6.59. The zero-order valence-corrected chi connectivity index (χ0v) is 21.9. The Kier molecular flexibility index (Phi) is 8.33. The number of aliphatic hydroxyl groups is 1. The van der Waals surface area contributed by atoms with Crippen molar-refractivity contribution in [1.82, 2.24) is 4.90 Å². The highest BCUT2D eigenvalue weighted by atomic mass is 16.5. The maximum absolute atomic E-state index is 13.2. The molecule has 3 aromatic rings. The van der Waals surface area contributed by atoms with Crippen LogP contribution in [0.2, 0.25) is 0 Å². The second kappa shape index (κ2) is 11.8. The molecule has 8 heteroatoms. The highest BCUT2D eigenvalue weighted by molar-refractivity contribution is 6.46.